The van der Waals surface area contributed by atoms with E-state index in [1.807, 2.05) is 61.5 Å². The SMILES string of the molecule is Cc1ccc([C@@H](NC(=O)[C@H]2CC2(Cl)Cl)c2ccccc2)cc1. The maximum atomic E-state index is 12.4. The number of halogens is 2. The van der Waals surface area contributed by atoms with Gasteiger partial charge in [0.2, 0.25) is 5.91 Å². The van der Waals surface area contributed by atoms with Gasteiger partial charge < -0.3 is 5.32 Å². The zero-order chi connectivity index (χ0) is 15.7. The molecule has 1 aliphatic rings. The summed E-state index contributed by atoms with van der Waals surface area (Å²) in [5.41, 5.74) is 3.26. The predicted octanol–water partition coefficient (Wildman–Crippen LogP) is 4.39. The molecular formula is C18H17Cl2NO. The molecule has 0 radical (unpaired) electrons. The fraction of sp³-hybridized carbons (Fsp3) is 0.278. The van der Waals surface area contributed by atoms with Crippen molar-refractivity contribution in [3.63, 3.8) is 0 Å². The highest BCUT2D eigenvalue weighted by atomic mass is 35.5. The lowest BCUT2D eigenvalue weighted by Crippen LogP contribution is -2.31. The van der Waals surface area contributed by atoms with Crippen LogP contribution in [0.5, 0.6) is 0 Å². The third kappa shape index (κ3) is 3.29. The van der Waals surface area contributed by atoms with Gasteiger partial charge in [0.25, 0.3) is 0 Å². The van der Waals surface area contributed by atoms with Crippen LogP contribution in [0.25, 0.3) is 0 Å². The molecule has 0 spiro atoms. The van der Waals surface area contributed by atoms with Crippen molar-refractivity contribution in [2.75, 3.05) is 0 Å². The normalized spacial score (nSPS) is 20.2. The van der Waals surface area contributed by atoms with E-state index in [1.165, 1.54) is 5.56 Å². The molecule has 0 saturated heterocycles. The van der Waals surface area contributed by atoms with Crippen molar-refractivity contribution in [2.24, 2.45) is 5.92 Å². The highest BCUT2D eigenvalue weighted by Gasteiger charge is 2.56. The number of carbonyl (C=O) groups is 1. The molecule has 114 valence electrons. The Balaban J connectivity index is 1.87. The third-order valence-electron chi connectivity index (χ3n) is 3.97. The van der Waals surface area contributed by atoms with Crippen LogP contribution in [0.1, 0.15) is 29.2 Å². The molecule has 2 aromatic rings. The van der Waals surface area contributed by atoms with Crippen molar-refractivity contribution in [3.8, 4) is 0 Å². The molecule has 0 bridgehead atoms. The summed E-state index contributed by atoms with van der Waals surface area (Å²) in [7, 11) is 0. The van der Waals surface area contributed by atoms with Crippen molar-refractivity contribution >= 4 is 29.1 Å². The quantitative estimate of drug-likeness (QED) is 0.826. The summed E-state index contributed by atoms with van der Waals surface area (Å²) in [4.78, 5) is 12.4. The Labute approximate surface area is 140 Å². The largest absolute Gasteiger partial charge is 0.345 e. The van der Waals surface area contributed by atoms with Crippen molar-refractivity contribution in [3.05, 3.63) is 71.3 Å². The second kappa shape index (κ2) is 5.94. The first-order chi connectivity index (χ1) is 10.5. The molecule has 1 aliphatic carbocycles. The molecule has 3 rings (SSSR count). The number of hydrogen-bond donors (Lipinski definition) is 1. The summed E-state index contributed by atoms with van der Waals surface area (Å²) in [6.45, 7) is 2.04. The number of nitrogens with one attached hydrogen (secondary N) is 1. The molecule has 2 atom stereocenters. The second-order valence-corrected chi connectivity index (χ2v) is 7.32. The van der Waals surface area contributed by atoms with Crippen LogP contribution in [0.2, 0.25) is 0 Å². The Hall–Kier alpha value is -1.51. The van der Waals surface area contributed by atoms with Crippen LogP contribution in [0.4, 0.5) is 0 Å². The Bertz CT molecular complexity index is 667. The zero-order valence-corrected chi connectivity index (χ0v) is 13.7. The Morgan fingerprint density at radius 2 is 1.64 bits per heavy atom. The first kappa shape index (κ1) is 15.4. The van der Waals surface area contributed by atoms with E-state index in [4.69, 9.17) is 23.2 Å². The predicted molar refractivity (Wildman–Crippen MR) is 90.2 cm³/mol. The minimum absolute atomic E-state index is 0.0978. The van der Waals surface area contributed by atoms with E-state index >= 15 is 0 Å². The molecule has 1 fully saturated rings. The number of aryl methyl sites for hydroxylation is 1. The molecule has 1 amide bonds. The van der Waals surface area contributed by atoms with E-state index in [-0.39, 0.29) is 17.9 Å². The number of hydrogen-bond acceptors (Lipinski definition) is 1. The molecule has 4 heteroatoms. The van der Waals surface area contributed by atoms with Gasteiger partial charge in [0, 0.05) is 0 Å². The molecule has 2 nitrogen and oxygen atoms in total. The van der Waals surface area contributed by atoms with Crippen LogP contribution in [0, 0.1) is 12.8 Å². The van der Waals surface area contributed by atoms with Gasteiger partial charge in [-0.3, -0.25) is 4.79 Å². The standard InChI is InChI=1S/C18H17Cl2NO/c1-12-7-9-14(10-8-12)16(13-5-3-2-4-6-13)21-17(22)15-11-18(15,19)20/h2-10,15-16H,11H2,1H3,(H,21,22)/t15-,16+/m1/s1. The lowest BCUT2D eigenvalue weighted by Gasteiger charge is -2.20. The van der Waals surface area contributed by atoms with Gasteiger partial charge in [0.05, 0.1) is 12.0 Å². The van der Waals surface area contributed by atoms with Gasteiger partial charge in [-0.05, 0) is 24.5 Å². The average molecular weight is 334 g/mol. The van der Waals surface area contributed by atoms with Crippen LogP contribution in [-0.2, 0) is 4.79 Å². The summed E-state index contributed by atoms with van der Waals surface area (Å²) in [6.07, 6.45) is 0.511. The van der Waals surface area contributed by atoms with E-state index < -0.39 is 4.33 Å². The number of alkyl halides is 2. The minimum Gasteiger partial charge on any atom is -0.345 e. The fourth-order valence-corrected chi connectivity index (χ4v) is 3.01. The molecular weight excluding hydrogens is 317 g/mol. The summed E-state index contributed by atoms with van der Waals surface area (Å²) in [5.74, 6) is -0.424. The topological polar surface area (TPSA) is 29.1 Å². The number of carbonyl (C=O) groups excluding carboxylic acids is 1. The molecule has 1 N–H and O–H groups in total. The van der Waals surface area contributed by atoms with E-state index in [2.05, 4.69) is 5.32 Å². The van der Waals surface area contributed by atoms with Gasteiger partial charge in [-0.15, -0.1) is 23.2 Å². The fourth-order valence-electron chi connectivity index (χ4n) is 2.50. The van der Waals surface area contributed by atoms with Crippen molar-refractivity contribution in [2.45, 2.75) is 23.7 Å². The maximum absolute atomic E-state index is 12.4. The maximum Gasteiger partial charge on any atom is 0.227 e. The Morgan fingerprint density at radius 1 is 1.09 bits per heavy atom. The lowest BCUT2D eigenvalue weighted by molar-refractivity contribution is -0.122. The van der Waals surface area contributed by atoms with Crippen LogP contribution in [-0.4, -0.2) is 10.2 Å². The second-order valence-electron chi connectivity index (χ2n) is 5.78. The lowest BCUT2D eigenvalue weighted by atomic mass is 9.97. The van der Waals surface area contributed by atoms with Gasteiger partial charge in [-0.2, -0.15) is 0 Å². The summed E-state index contributed by atoms with van der Waals surface area (Å²) < 4.78 is -0.904. The molecule has 0 aliphatic heterocycles. The molecule has 1 saturated carbocycles. The first-order valence-corrected chi connectivity index (χ1v) is 8.03. The van der Waals surface area contributed by atoms with Crippen LogP contribution in [0.15, 0.2) is 54.6 Å². The summed E-state index contributed by atoms with van der Waals surface area (Å²) >= 11 is 12.0. The highest BCUT2D eigenvalue weighted by Crippen LogP contribution is 2.53. The van der Waals surface area contributed by atoms with E-state index in [1.54, 1.807) is 0 Å². The molecule has 2 aromatic carbocycles. The number of rotatable bonds is 4. The van der Waals surface area contributed by atoms with E-state index in [0.717, 1.165) is 11.1 Å². The highest BCUT2D eigenvalue weighted by molar-refractivity contribution is 6.52. The third-order valence-corrected chi connectivity index (χ3v) is 4.81. The van der Waals surface area contributed by atoms with Crippen LogP contribution >= 0.6 is 23.2 Å². The van der Waals surface area contributed by atoms with Crippen molar-refractivity contribution in [1.29, 1.82) is 0 Å². The summed E-state index contributed by atoms with van der Waals surface area (Å²) in [5, 5.41) is 3.08. The number of amides is 1. The van der Waals surface area contributed by atoms with Gasteiger partial charge in [0.15, 0.2) is 0 Å². The molecule has 0 aromatic heterocycles. The minimum atomic E-state index is -0.904. The summed E-state index contributed by atoms with van der Waals surface area (Å²) in [6, 6.07) is 17.9. The molecule has 0 unspecified atom stereocenters. The van der Waals surface area contributed by atoms with Gasteiger partial charge in [-0.1, -0.05) is 60.2 Å². The van der Waals surface area contributed by atoms with Gasteiger partial charge in [0.1, 0.15) is 4.33 Å². The van der Waals surface area contributed by atoms with Gasteiger partial charge in [-0.25, -0.2) is 0 Å². The smallest absolute Gasteiger partial charge is 0.227 e. The molecule has 0 heterocycles. The average Bonchev–Trinajstić information content (AvgIpc) is 3.15. The van der Waals surface area contributed by atoms with Crippen LogP contribution < -0.4 is 5.32 Å². The van der Waals surface area contributed by atoms with Crippen molar-refractivity contribution < 1.29 is 4.79 Å². The van der Waals surface area contributed by atoms with E-state index in [9.17, 15) is 4.79 Å². The van der Waals surface area contributed by atoms with Crippen molar-refractivity contribution in [1.82, 2.24) is 5.32 Å². The zero-order valence-electron chi connectivity index (χ0n) is 12.2. The van der Waals surface area contributed by atoms with Gasteiger partial charge >= 0.3 is 0 Å². The molecule has 22 heavy (non-hydrogen) atoms. The van der Waals surface area contributed by atoms with Crippen LogP contribution in [0.3, 0.4) is 0 Å². The monoisotopic (exact) mass is 333 g/mol. The first-order valence-electron chi connectivity index (χ1n) is 7.27. The van der Waals surface area contributed by atoms with E-state index in [0.29, 0.717) is 6.42 Å². The Morgan fingerprint density at radius 3 is 2.18 bits per heavy atom. The Kier molecular flexibility index (Phi) is 4.16. The number of benzene rings is 2.